The SMILES string of the molecule is CCOc1cccc(NC(=O)[C@@H]2CC(=O)N(CC)C(=Nc3ccccc3)S2)c1. The van der Waals surface area contributed by atoms with Crippen LogP contribution in [0.1, 0.15) is 20.3 Å². The van der Waals surface area contributed by atoms with Crippen molar-refractivity contribution in [2.75, 3.05) is 18.5 Å². The highest BCUT2D eigenvalue weighted by molar-refractivity contribution is 8.15. The summed E-state index contributed by atoms with van der Waals surface area (Å²) in [6.07, 6.45) is 0.142. The number of benzene rings is 2. The molecule has 1 aliphatic rings. The van der Waals surface area contributed by atoms with Gasteiger partial charge >= 0.3 is 0 Å². The van der Waals surface area contributed by atoms with E-state index >= 15 is 0 Å². The average molecular weight is 398 g/mol. The molecule has 0 aliphatic carbocycles. The standard InChI is InChI=1S/C21H23N3O3S/c1-3-24-19(25)14-18(28-21(24)23-15-9-6-5-7-10-15)20(26)22-16-11-8-12-17(13-16)27-4-2/h5-13,18H,3-4,14H2,1-2H3,(H,22,26)/t18-/m0/s1. The van der Waals surface area contributed by atoms with Gasteiger partial charge in [-0.1, -0.05) is 36.0 Å². The number of para-hydroxylation sites is 1. The van der Waals surface area contributed by atoms with Crippen LogP contribution in [0.25, 0.3) is 0 Å². The molecular formula is C21H23N3O3S. The Morgan fingerprint density at radius 2 is 2.00 bits per heavy atom. The zero-order chi connectivity index (χ0) is 19.9. The lowest BCUT2D eigenvalue weighted by Gasteiger charge is -2.30. The van der Waals surface area contributed by atoms with Crippen molar-refractivity contribution in [1.82, 2.24) is 4.90 Å². The van der Waals surface area contributed by atoms with Crippen molar-refractivity contribution < 1.29 is 14.3 Å². The van der Waals surface area contributed by atoms with Crippen molar-refractivity contribution in [3.8, 4) is 5.75 Å². The Kier molecular flexibility index (Phi) is 6.71. The number of hydrogen-bond donors (Lipinski definition) is 1. The van der Waals surface area contributed by atoms with Gasteiger partial charge in [0.25, 0.3) is 0 Å². The van der Waals surface area contributed by atoms with Crippen LogP contribution < -0.4 is 10.1 Å². The van der Waals surface area contributed by atoms with Crippen LogP contribution in [0.2, 0.25) is 0 Å². The van der Waals surface area contributed by atoms with Crippen LogP contribution in [0, 0.1) is 0 Å². The molecule has 3 rings (SSSR count). The summed E-state index contributed by atoms with van der Waals surface area (Å²) in [5.41, 5.74) is 1.39. The smallest absolute Gasteiger partial charge is 0.238 e. The highest BCUT2D eigenvalue weighted by atomic mass is 32.2. The largest absolute Gasteiger partial charge is 0.494 e. The molecule has 0 saturated carbocycles. The molecule has 1 saturated heterocycles. The van der Waals surface area contributed by atoms with E-state index in [9.17, 15) is 9.59 Å². The van der Waals surface area contributed by atoms with Gasteiger partial charge in [-0.15, -0.1) is 0 Å². The van der Waals surface area contributed by atoms with E-state index in [1.807, 2.05) is 56.3 Å². The third kappa shape index (κ3) is 4.92. The first-order valence-electron chi connectivity index (χ1n) is 9.25. The Labute approximate surface area is 169 Å². The topological polar surface area (TPSA) is 71.0 Å². The van der Waals surface area contributed by atoms with Crippen LogP contribution in [0.4, 0.5) is 11.4 Å². The molecule has 1 aliphatic heterocycles. The number of amides is 2. The number of thioether (sulfide) groups is 1. The molecule has 1 fully saturated rings. The molecule has 0 unspecified atom stereocenters. The van der Waals surface area contributed by atoms with E-state index in [4.69, 9.17) is 4.74 Å². The van der Waals surface area contributed by atoms with Gasteiger partial charge in [0.05, 0.1) is 12.3 Å². The summed E-state index contributed by atoms with van der Waals surface area (Å²) in [6, 6.07) is 16.7. The molecule has 1 heterocycles. The maximum atomic E-state index is 12.8. The third-order valence-corrected chi connectivity index (χ3v) is 5.33. The van der Waals surface area contributed by atoms with Crippen molar-refractivity contribution in [3.05, 3.63) is 54.6 Å². The van der Waals surface area contributed by atoms with Gasteiger partial charge in [0.1, 0.15) is 11.0 Å². The molecular weight excluding hydrogens is 374 g/mol. The fourth-order valence-corrected chi connectivity index (χ4v) is 3.98. The quantitative estimate of drug-likeness (QED) is 0.798. The first-order chi connectivity index (χ1) is 13.6. The predicted molar refractivity (Wildman–Crippen MR) is 113 cm³/mol. The minimum Gasteiger partial charge on any atom is -0.494 e. The van der Waals surface area contributed by atoms with Crippen molar-refractivity contribution in [1.29, 1.82) is 0 Å². The molecule has 2 amide bonds. The van der Waals surface area contributed by atoms with Crippen molar-refractivity contribution in [2.45, 2.75) is 25.5 Å². The number of aliphatic imine (C=N–C) groups is 1. The van der Waals surface area contributed by atoms with Crippen LogP contribution >= 0.6 is 11.8 Å². The zero-order valence-corrected chi connectivity index (χ0v) is 16.7. The number of carbonyl (C=O) groups is 2. The lowest BCUT2D eigenvalue weighted by Crippen LogP contribution is -2.45. The highest BCUT2D eigenvalue weighted by Crippen LogP contribution is 2.30. The van der Waals surface area contributed by atoms with Crippen molar-refractivity contribution in [3.63, 3.8) is 0 Å². The molecule has 0 bridgehead atoms. The van der Waals surface area contributed by atoms with Gasteiger partial charge in [0.15, 0.2) is 5.17 Å². The molecule has 146 valence electrons. The van der Waals surface area contributed by atoms with E-state index in [0.29, 0.717) is 29.8 Å². The van der Waals surface area contributed by atoms with Crippen LogP contribution in [0.5, 0.6) is 5.75 Å². The number of anilines is 1. The molecule has 2 aromatic carbocycles. The van der Waals surface area contributed by atoms with E-state index in [-0.39, 0.29) is 18.2 Å². The lowest BCUT2D eigenvalue weighted by atomic mass is 10.2. The second-order valence-electron chi connectivity index (χ2n) is 6.13. The molecule has 1 atom stereocenters. The number of ether oxygens (including phenoxy) is 1. The first kappa shape index (κ1) is 19.9. The minimum atomic E-state index is -0.534. The molecule has 0 radical (unpaired) electrons. The van der Waals surface area contributed by atoms with Gasteiger partial charge in [-0.05, 0) is 38.1 Å². The molecule has 0 spiro atoms. The summed E-state index contributed by atoms with van der Waals surface area (Å²) in [4.78, 5) is 31.5. The second kappa shape index (κ2) is 9.41. The van der Waals surface area contributed by atoms with Crippen LogP contribution in [0.15, 0.2) is 59.6 Å². The van der Waals surface area contributed by atoms with Crippen molar-refractivity contribution in [2.24, 2.45) is 4.99 Å². The number of hydrogen-bond acceptors (Lipinski definition) is 5. The molecule has 6 nitrogen and oxygen atoms in total. The number of amidine groups is 1. The monoisotopic (exact) mass is 397 g/mol. The Morgan fingerprint density at radius 1 is 1.21 bits per heavy atom. The Bertz CT molecular complexity index is 870. The summed E-state index contributed by atoms with van der Waals surface area (Å²) in [5, 5.41) is 2.90. The van der Waals surface area contributed by atoms with E-state index < -0.39 is 5.25 Å². The molecule has 2 aromatic rings. The Morgan fingerprint density at radius 3 is 2.71 bits per heavy atom. The summed E-state index contributed by atoms with van der Waals surface area (Å²) < 4.78 is 5.47. The second-order valence-corrected chi connectivity index (χ2v) is 7.30. The molecule has 0 aromatic heterocycles. The van der Waals surface area contributed by atoms with E-state index in [2.05, 4.69) is 10.3 Å². The van der Waals surface area contributed by atoms with Gasteiger partial charge in [0.2, 0.25) is 11.8 Å². The summed E-state index contributed by atoms with van der Waals surface area (Å²) in [6.45, 7) is 4.87. The lowest BCUT2D eigenvalue weighted by molar-refractivity contribution is -0.129. The highest BCUT2D eigenvalue weighted by Gasteiger charge is 2.35. The Balaban J connectivity index is 1.76. The van der Waals surface area contributed by atoms with Gasteiger partial charge in [-0.25, -0.2) is 4.99 Å². The van der Waals surface area contributed by atoms with Crippen LogP contribution in [0.3, 0.4) is 0 Å². The van der Waals surface area contributed by atoms with E-state index in [1.165, 1.54) is 11.8 Å². The molecule has 7 heteroatoms. The van der Waals surface area contributed by atoms with Gasteiger partial charge < -0.3 is 10.1 Å². The molecule has 28 heavy (non-hydrogen) atoms. The van der Waals surface area contributed by atoms with E-state index in [1.54, 1.807) is 17.0 Å². The van der Waals surface area contributed by atoms with Gasteiger partial charge in [-0.2, -0.15) is 0 Å². The maximum Gasteiger partial charge on any atom is 0.238 e. The fourth-order valence-electron chi connectivity index (χ4n) is 2.82. The zero-order valence-electron chi connectivity index (χ0n) is 15.9. The summed E-state index contributed by atoms with van der Waals surface area (Å²) in [5.74, 6) is 0.374. The van der Waals surface area contributed by atoms with Crippen LogP contribution in [-0.4, -0.2) is 40.3 Å². The number of carbonyl (C=O) groups excluding carboxylic acids is 2. The van der Waals surface area contributed by atoms with Gasteiger partial charge in [0, 0.05) is 24.7 Å². The minimum absolute atomic E-state index is 0.0980. The fraction of sp³-hybridized carbons (Fsp3) is 0.286. The normalized spacial score (nSPS) is 18.2. The number of rotatable bonds is 6. The first-order valence-corrected chi connectivity index (χ1v) is 10.1. The molecule has 1 N–H and O–H groups in total. The number of nitrogens with zero attached hydrogens (tertiary/aromatic N) is 2. The Hall–Kier alpha value is -2.80. The van der Waals surface area contributed by atoms with Crippen molar-refractivity contribution >= 4 is 40.1 Å². The average Bonchev–Trinajstić information content (AvgIpc) is 2.69. The predicted octanol–water partition coefficient (Wildman–Crippen LogP) is 4.07. The van der Waals surface area contributed by atoms with Crippen LogP contribution in [-0.2, 0) is 9.59 Å². The van der Waals surface area contributed by atoms with E-state index in [0.717, 1.165) is 5.69 Å². The third-order valence-electron chi connectivity index (χ3n) is 4.14. The summed E-state index contributed by atoms with van der Waals surface area (Å²) >= 11 is 1.32. The summed E-state index contributed by atoms with van der Waals surface area (Å²) in [7, 11) is 0. The van der Waals surface area contributed by atoms with Gasteiger partial charge in [-0.3, -0.25) is 14.5 Å². The maximum absolute atomic E-state index is 12.8. The number of nitrogens with one attached hydrogen (secondary N) is 1.